The Morgan fingerprint density at radius 2 is 1.52 bits per heavy atom. The minimum Gasteiger partial charge on any atom is -0.385 e. The first-order valence-corrected chi connectivity index (χ1v) is 8.55. The van der Waals surface area contributed by atoms with Gasteiger partial charge in [-0.15, -0.1) is 0 Å². The smallest absolute Gasteiger partial charge is 0.0926 e. The van der Waals surface area contributed by atoms with Crippen molar-refractivity contribution < 1.29 is 5.11 Å². The molecule has 0 atom stereocenters. The third kappa shape index (κ3) is 3.49. The lowest BCUT2D eigenvalue weighted by Crippen LogP contribution is -2.43. The first-order valence-electron chi connectivity index (χ1n) is 8.55. The summed E-state index contributed by atoms with van der Waals surface area (Å²) in [5.74, 6) is 0. The molecular weight excluding hydrogens is 282 g/mol. The van der Waals surface area contributed by atoms with Crippen molar-refractivity contribution in [3.8, 4) is 0 Å². The Kier molecular flexibility index (Phi) is 4.56. The molecule has 23 heavy (non-hydrogen) atoms. The summed E-state index contributed by atoms with van der Waals surface area (Å²) in [7, 11) is 0. The summed E-state index contributed by atoms with van der Waals surface area (Å²) in [6.07, 6.45) is 1.62. The highest BCUT2D eigenvalue weighted by atomic mass is 16.3. The van der Waals surface area contributed by atoms with Gasteiger partial charge in [-0.1, -0.05) is 48.0 Å². The first-order chi connectivity index (χ1) is 11.0. The van der Waals surface area contributed by atoms with E-state index in [4.69, 9.17) is 0 Å². The van der Waals surface area contributed by atoms with Crippen LogP contribution < -0.4 is 0 Å². The van der Waals surface area contributed by atoms with Crippen molar-refractivity contribution in [2.75, 3.05) is 13.1 Å². The minimum absolute atomic E-state index is 0.672. The van der Waals surface area contributed by atoms with Crippen molar-refractivity contribution in [2.24, 2.45) is 0 Å². The lowest BCUT2D eigenvalue weighted by molar-refractivity contribution is -0.0286. The van der Waals surface area contributed by atoms with E-state index in [0.717, 1.165) is 38.0 Å². The van der Waals surface area contributed by atoms with Gasteiger partial charge < -0.3 is 5.11 Å². The van der Waals surface area contributed by atoms with Crippen molar-refractivity contribution >= 4 is 0 Å². The van der Waals surface area contributed by atoms with Crippen LogP contribution in [-0.2, 0) is 12.1 Å². The molecular formula is C21H27NO. The highest BCUT2D eigenvalue weighted by Gasteiger charge is 2.36. The molecule has 0 saturated carbocycles. The lowest BCUT2D eigenvalue weighted by Gasteiger charge is -2.40. The second-order valence-electron chi connectivity index (χ2n) is 7.07. The maximum Gasteiger partial charge on any atom is 0.0926 e. The Labute approximate surface area is 139 Å². The molecule has 0 radical (unpaired) electrons. The number of piperidine rings is 1. The minimum atomic E-state index is -0.672. The maximum absolute atomic E-state index is 11.3. The number of aryl methyl sites for hydroxylation is 3. The summed E-state index contributed by atoms with van der Waals surface area (Å²) in [5.41, 5.74) is 5.55. The van der Waals surface area contributed by atoms with Gasteiger partial charge in [0.25, 0.3) is 0 Å². The monoisotopic (exact) mass is 309 g/mol. The molecule has 1 heterocycles. The summed E-state index contributed by atoms with van der Waals surface area (Å²) < 4.78 is 0. The third-order valence-electron chi connectivity index (χ3n) is 5.07. The van der Waals surface area contributed by atoms with E-state index in [1.807, 2.05) is 0 Å². The van der Waals surface area contributed by atoms with Gasteiger partial charge in [0, 0.05) is 19.6 Å². The van der Waals surface area contributed by atoms with Gasteiger partial charge in [-0.05, 0) is 55.9 Å². The van der Waals surface area contributed by atoms with Crippen LogP contribution in [-0.4, -0.2) is 23.1 Å². The van der Waals surface area contributed by atoms with Gasteiger partial charge in [-0.25, -0.2) is 0 Å². The van der Waals surface area contributed by atoms with Gasteiger partial charge in [0.05, 0.1) is 5.60 Å². The molecule has 0 bridgehead atoms. The second kappa shape index (κ2) is 6.46. The Morgan fingerprint density at radius 3 is 2.09 bits per heavy atom. The highest BCUT2D eigenvalue weighted by molar-refractivity contribution is 5.41. The molecule has 3 rings (SSSR count). The van der Waals surface area contributed by atoms with Crippen LogP contribution in [0, 0.1) is 20.8 Å². The van der Waals surface area contributed by atoms with Gasteiger partial charge in [-0.2, -0.15) is 0 Å². The molecule has 0 aromatic heterocycles. The average Bonchev–Trinajstić information content (AvgIpc) is 2.50. The van der Waals surface area contributed by atoms with Gasteiger partial charge in [0.1, 0.15) is 0 Å². The number of aliphatic hydroxyl groups is 1. The zero-order valence-corrected chi connectivity index (χ0v) is 14.5. The topological polar surface area (TPSA) is 23.5 Å². The molecule has 1 saturated heterocycles. The van der Waals surface area contributed by atoms with Crippen LogP contribution in [0.2, 0.25) is 0 Å². The quantitative estimate of drug-likeness (QED) is 0.923. The number of hydrogen-bond acceptors (Lipinski definition) is 2. The van der Waals surface area contributed by atoms with Crippen molar-refractivity contribution in [2.45, 2.75) is 45.8 Å². The molecule has 1 N–H and O–H groups in total. The number of nitrogens with zero attached hydrogens (tertiary/aromatic N) is 1. The predicted octanol–water partition coefficient (Wildman–Crippen LogP) is 4.10. The van der Waals surface area contributed by atoms with E-state index in [1.54, 1.807) is 0 Å². The fraction of sp³-hybridized carbons (Fsp3) is 0.429. The number of hydrogen-bond donors (Lipinski definition) is 1. The van der Waals surface area contributed by atoms with E-state index in [-0.39, 0.29) is 0 Å². The molecule has 1 aliphatic rings. The van der Waals surface area contributed by atoms with E-state index >= 15 is 0 Å². The van der Waals surface area contributed by atoms with Gasteiger partial charge in [-0.3, -0.25) is 4.90 Å². The SMILES string of the molecule is Cc1cc(C)c(C2(O)CCN(Cc3ccccc3)CC2)c(C)c1. The molecule has 1 aliphatic heterocycles. The molecule has 122 valence electrons. The van der Waals surface area contributed by atoms with Crippen LogP contribution in [0.5, 0.6) is 0 Å². The van der Waals surface area contributed by atoms with Crippen molar-refractivity contribution in [1.82, 2.24) is 4.90 Å². The van der Waals surface area contributed by atoms with Gasteiger partial charge >= 0.3 is 0 Å². The summed E-state index contributed by atoms with van der Waals surface area (Å²) in [6, 6.07) is 15.0. The Balaban J connectivity index is 1.73. The predicted molar refractivity (Wildman–Crippen MR) is 95.5 cm³/mol. The zero-order chi connectivity index (χ0) is 16.4. The normalized spacial score (nSPS) is 18.1. The van der Waals surface area contributed by atoms with E-state index in [2.05, 4.69) is 68.1 Å². The van der Waals surface area contributed by atoms with Crippen LogP contribution in [0.1, 0.15) is 40.7 Å². The molecule has 0 aliphatic carbocycles. The summed E-state index contributed by atoms with van der Waals surface area (Å²) in [5, 5.41) is 11.3. The van der Waals surface area contributed by atoms with Gasteiger partial charge in [0.2, 0.25) is 0 Å². The maximum atomic E-state index is 11.3. The fourth-order valence-electron chi connectivity index (χ4n) is 4.09. The van der Waals surface area contributed by atoms with Crippen LogP contribution in [0.3, 0.4) is 0 Å². The van der Waals surface area contributed by atoms with Crippen LogP contribution in [0.4, 0.5) is 0 Å². The highest BCUT2D eigenvalue weighted by Crippen LogP contribution is 2.37. The molecule has 2 aromatic carbocycles. The molecule has 1 fully saturated rings. The number of rotatable bonds is 3. The van der Waals surface area contributed by atoms with Crippen LogP contribution >= 0.6 is 0 Å². The van der Waals surface area contributed by atoms with E-state index in [1.165, 1.54) is 22.3 Å². The summed E-state index contributed by atoms with van der Waals surface area (Å²) in [6.45, 7) is 9.24. The standard InChI is InChI=1S/C21H27NO/c1-16-13-17(2)20(18(3)14-16)21(23)9-11-22(12-10-21)15-19-7-5-4-6-8-19/h4-8,13-14,23H,9-12,15H2,1-3H3. The molecule has 0 spiro atoms. The first kappa shape index (κ1) is 16.2. The summed E-state index contributed by atoms with van der Waals surface area (Å²) in [4.78, 5) is 2.45. The second-order valence-corrected chi connectivity index (χ2v) is 7.07. The van der Waals surface area contributed by atoms with Gasteiger partial charge in [0.15, 0.2) is 0 Å². The largest absolute Gasteiger partial charge is 0.385 e. The average molecular weight is 309 g/mol. The molecule has 2 nitrogen and oxygen atoms in total. The Morgan fingerprint density at radius 1 is 0.957 bits per heavy atom. The van der Waals surface area contributed by atoms with Crippen molar-refractivity contribution in [3.05, 3.63) is 70.3 Å². The summed E-state index contributed by atoms with van der Waals surface area (Å²) >= 11 is 0. The number of benzene rings is 2. The molecule has 0 amide bonds. The molecule has 2 aromatic rings. The number of likely N-dealkylation sites (tertiary alicyclic amines) is 1. The zero-order valence-electron chi connectivity index (χ0n) is 14.5. The lowest BCUT2D eigenvalue weighted by atomic mass is 9.79. The molecule has 2 heteroatoms. The van der Waals surface area contributed by atoms with Crippen LogP contribution in [0.15, 0.2) is 42.5 Å². The van der Waals surface area contributed by atoms with Crippen molar-refractivity contribution in [1.29, 1.82) is 0 Å². The molecule has 0 unspecified atom stereocenters. The fourth-order valence-corrected chi connectivity index (χ4v) is 4.09. The third-order valence-corrected chi connectivity index (χ3v) is 5.07. The van der Waals surface area contributed by atoms with Crippen molar-refractivity contribution in [3.63, 3.8) is 0 Å². The Hall–Kier alpha value is -1.64. The Bertz CT molecular complexity index is 646. The van der Waals surface area contributed by atoms with Crippen LogP contribution in [0.25, 0.3) is 0 Å². The van der Waals surface area contributed by atoms with E-state index < -0.39 is 5.60 Å². The van der Waals surface area contributed by atoms with E-state index in [0.29, 0.717) is 0 Å². The van der Waals surface area contributed by atoms with E-state index in [9.17, 15) is 5.11 Å².